The molecular weight excluding hydrogens is 538 g/mol. The number of para-hydroxylation sites is 3. The summed E-state index contributed by atoms with van der Waals surface area (Å²) in [7, 11) is 0. The number of aromatic nitrogens is 5. The van der Waals surface area contributed by atoms with Crippen molar-refractivity contribution in [2.45, 2.75) is 0 Å². The molecule has 4 heterocycles. The molecule has 0 saturated carbocycles. The average molecular weight is 564 g/mol. The maximum Gasteiger partial charge on any atom is 0.235 e. The zero-order valence-corrected chi connectivity index (χ0v) is 23.7. The molecule has 44 heavy (non-hydrogen) atoms. The zero-order chi connectivity index (χ0) is 29.0. The summed E-state index contributed by atoms with van der Waals surface area (Å²) in [5, 5.41) is 3.30. The van der Waals surface area contributed by atoms with Crippen LogP contribution in [0.2, 0.25) is 0 Å². The van der Waals surface area contributed by atoms with Crippen LogP contribution in [0.15, 0.2) is 152 Å². The van der Waals surface area contributed by atoms with E-state index in [2.05, 4.69) is 118 Å². The van der Waals surface area contributed by atoms with Crippen LogP contribution in [-0.4, -0.2) is 24.1 Å². The van der Waals surface area contributed by atoms with Gasteiger partial charge in [-0.3, -0.25) is 9.13 Å². The summed E-state index contributed by atoms with van der Waals surface area (Å²) in [6.45, 7) is 0. The van der Waals surface area contributed by atoms with Crippen LogP contribution in [0.25, 0.3) is 78.0 Å². The molecule has 0 spiro atoms. The van der Waals surface area contributed by atoms with Crippen molar-refractivity contribution >= 4 is 43.9 Å². The van der Waals surface area contributed by atoms with E-state index >= 15 is 0 Å². The first kappa shape index (κ1) is 24.5. The smallest absolute Gasteiger partial charge is 0.235 e. The van der Waals surface area contributed by atoms with Crippen LogP contribution >= 0.6 is 0 Å². The summed E-state index contributed by atoms with van der Waals surface area (Å²) in [6, 6.07) is 52.3. The quantitative estimate of drug-likeness (QED) is 0.214. The van der Waals surface area contributed by atoms with Crippen LogP contribution in [0.3, 0.4) is 0 Å². The molecule has 0 saturated heterocycles. The lowest BCUT2D eigenvalue weighted by Gasteiger charge is -2.11. The second-order valence-electron chi connectivity index (χ2n) is 10.9. The van der Waals surface area contributed by atoms with Crippen LogP contribution in [0, 0.1) is 0 Å². The van der Waals surface area contributed by atoms with Gasteiger partial charge in [0, 0.05) is 33.0 Å². The molecule has 5 aromatic carbocycles. The molecule has 0 aliphatic carbocycles. The van der Waals surface area contributed by atoms with Crippen molar-refractivity contribution in [3.05, 3.63) is 152 Å². The molecule has 4 aromatic heterocycles. The third-order valence-electron chi connectivity index (χ3n) is 8.34. The third-order valence-corrected chi connectivity index (χ3v) is 8.34. The second-order valence-corrected chi connectivity index (χ2v) is 10.9. The monoisotopic (exact) mass is 563 g/mol. The van der Waals surface area contributed by atoms with E-state index in [1.54, 1.807) is 0 Å². The van der Waals surface area contributed by atoms with Crippen molar-refractivity contribution in [1.29, 1.82) is 0 Å². The van der Waals surface area contributed by atoms with Gasteiger partial charge >= 0.3 is 0 Å². The van der Waals surface area contributed by atoms with E-state index in [1.165, 1.54) is 0 Å². The fourth-order valence-electron chi connectivity index (χ4n) is 6.34. The van der Waals surface area contributed by atoms with Crippen LogP contribution < -0.4 is 0 Å². The predicted molar refractivity (Wildman–Crippen MR) is 179 cm³/mol. The highest BCUT2D eigenvalue weighted by Gasteiger charge is 2.21. The lowest BCUT2D eigenvalue weighted by Crippen LogP contribution is -2.04. The molecule has 9 aromatic rings. The molecule has 0 fully saturated rings. The number of benzene rings is 5. The molecule has 0 atom stereocenters. The second kappa shape index (κ2) is 9.75. The van der Waals surface area contributed by atoms with Gasteiger partial charge in [0.05, 0.1) is 33.5 Å². The first-order chi connectivity index (χ1) is 21.8. The summed E-state index contributed by atoms with van der Waals surface area (Å²) in [6.07, 6.45) is 0. The van der Waals surface area contributed by atoms with E-state index in [0.29, 0.717) is 5.95 Å². The Morgan fingerprint density at radius 3 is 1.55 bits per heavy atom. The third kappa shape index (κ3) is 3.76. The van der Waals surface area contributed by atoms with Crippen LogP contribution in [-0.2, 0) is 0 Å². The number of nitrogens with zero attached hydrogens (tertiary/aromatic N) is 5. The van der Waals surface area contributed by atoms with Gasteiger partial charge in [0.25, 0.3) is 0 Å². The van der Waals surface area contributed by atoms with E-state index < -0.39 is 0 Å². The summed E-state index contributed by atoms with van der Waals surface area (Å²) >= 11 is 0. The zero-order valence-electron chi connectivity index (χ0n) is 23.7. The van der Waals surface area contributed by atoms with E-state index in [4.69, 9.17) is 15.0 Å². The molecule has 0 radical (unpaired) electrons. The van der Waals surface area contributed by atoms with Gasteiger partial charge < -0.3 is 0 Å². The summed E-state index contributed by atoms with van der Waals surface area (Å²) in [5.74, 6) is 0.615. The highest BCUT2D eigenvalue weighted by Crippen LogP contribution is 2.37. The molecule has 0 amide bonds. The Hall–Kier alpha value is -6.07. The SMILES string of the molecule is c1ccc(-c2cc(-c3ccccc3)nc(-n3c4ccccc4c4nc5c(cc43)c3ccccc3n5-c3ccccc3)n2)cc1. The Balaban J connectivity index is 1.40. The highest BCUT2D eigenvalue weighted by atomic mass is 15.2. The predicted octanol–water partition coefficient (Wildman–Crippen LogP) is 9.40. The Morgan fingerprint density at radius 1 is 0.386 bits per heavy atom. The van der Waals surface area contributed by atoms with Crippen LogP contribution in [0.1, 0.15) is 0 Å². The Kier molecular flexibility index (Phi) is 5.43. The van der Waals surface area contributed by atoms with Crippen LogP contribution in [0.5, 0.6) is 0 Å². The summed E-state index contributed by atoms with van der Waals surface area (Å²) in [4.78, 5) is 15.8. The number of fused-ring (bicyclic) bond motifs is 6. The number of rotatable bonds is 4. The molecule has 9 rings (SSSR count). The van der Waals surface area contributed by atoms with E-state index in [9.17, 15) is 0 Å². The fourth-order valence-corrected chi connectivity index (χ4v) is 6.34. The van der Waals surface area contributed by atoms with Gasteiger partial charge in [-0.1, -0.05) is 115 Å². The minimum atomic E-state index is 0.615. The molecular formula is C39H25N5. The largest absolute Gasteiger partial charge is 0.294 e. The minimum absolute atomic E-state index is 0.615. The molecule has 0 aliphatic rings. The lowest BCUT2D eigenvalue weighted by molar-refractivity contribution is 0.995. The van der Waals surface area contributed by atoms with Crippen molar-refractivity contribution in [2.75, 3.05) is 0 Å². The number of pyridine rings is 1. The lowest BCUT2D eigenvalue weighted by atomic mass is 10.1. The normalized spacial score (nSPS) is 11.6. The van der Waals surface area contributed by atoms with Crippen molar-refractivity contribution < 1.29 is 0 Å². The maximum atomic E-state index is 5.41. The standard InChI is InChI=1S/C39H25N5/c1-4-14-26(15-5-1)32-25-33(27-16-6-2-7-17-27)41-39(40-32)44-35-23-13-11-21-30(35)37-36(44)24-31-29-20-10-12-22-34(29)43(38(31)42-37)28-18-8-3-9-19-28/h1-25H. The van der Waals surface area contributed by atoms with Crippen molar-refractivity contribution in [3.8, 4) is 34.2 Å². The van der Waals surface area contributed by atoms with Gasteiger partial charge in [0.2, 0.25) is 5.95 Å². The molecule has 0 unspecified atom stereocenters. The average Bonchev–Trinajstić information content (AvgIpc) is 3.60. The molecule has 0 N–H and O–H groups in total. The summed E-state index contributed by atoms with van der Waals surface area (Å²) in [5.41, 5.74) is 9.87. The maximum absolute atomic E-state index is 5.41. The van der Waals surface area contributed by atoms with Crippen molar-refractivity contribution in [2.24, 2.45) is 0 Å². The fraction of sp³-hybridized carbons (Fsp3) is 0. The molecule has 0 aliphatic heterocycles. The Labute approximate surface area is 253 Å². The Bertz CT molecular complexity index is 2420. The van der Waals surface area contributed by atoms with Gasteiger partial charge in [-0.2, -0.15) is 0 Å². The number of hydrogen-bond acceptors (Lipinski definition) is 3. The topological polar surface area (TPSA) is 48.5 Å². The molecule has 206 valence electrons. The van der Waals surface area contributed by atoms with E-state index in [-0.39, 0.29) is 0 Å². The van der Waals surface area contributed by atoms with Gasteiger partial charge in [-0.15, -0.1) is 0 Å². The minimum Gasteiger partial charge on any atom is -0.294 e. The van der Waals surface area contributed by atoms with Gasteiger partial charge in [-0.25, -0.2) is 15.0 Å². The Morgan fingerprint density at radius 2 is 0.909 bits per heavy atom. The molecule has 0 bridgehead atoms. The first-order valence-electron chi connectivity index (χ1n) is 14.7. The molecule has 5 nitrogen and oxygen atoms in total. The number of hydrogen-bond donors (Lipinski definition) is 0. The van der Waals surface area contributed by atoms with Gasteiger partial charge in [0.15, 0.2) is 0 Å². The van der Waals surface area contributed by atoms with Crippen molar-refractivity contribution in [1.82, 2.24) is 24.1 Å². The van der Waals surface area contributed by atoms with Gasteiger partial charge in [-0.05, 0) is 36.4 Å². The van der Waals surface area contributed by atoms with E-state index in [1.807, 2.05) is 42.5 Å². The van der Waals surface area contributed by atoms with Crippen molar-refractivity contribution in [3.63, 3.8) is 0 Å². The first-order valence-corrected chi connectivity index (χ1v) is 14.7. The van der Waals surface area contributed by atoms with Gasteiger partial charge in [0.1, 0.15) is 5.65 Å². The van der Waals surface area contributed by atoms with Crippen LogP contribution in [0.4, 0.5) is 0 Å². The summed E-state index contributed by atoms with van der Waals surface area (Å²) < 4.78 is 4.43. The highest BCUT2D eigenvalue weighted by molar-refractivity contribution is 6.15. The molecule has 5 heteroatoms. The van der Waals surface area contributed by atoms with E-state index in [0.717, 1.165) is 72.1 Å².